The second kappa shape index (κ2) is 5.88. The lowest BCUT2D eigenvalue weighted by atomic mass is 10.2. The zero-order chi connectivity index (χ0) is 13.8. The molecule has 0 unspecified atom stereocenters. The van der Waals surface area contributed by atoms with E-state index in [1.54, 1.807) is 12.3 Å². The van der Waals surface area contributed by atoms with Crippen molar-refractivity contribution in [3.05, 3.63) is 24.2 Å². The van der Waals surface area contributed by atoms with Gasteiger partial charge in [0.15, 0.2) is 0 Å². The van der Waals surface area contributed by atoms with E-state index in [1.807, 2.05) is 6.07 Å². The molecule has 1 fully saturated rings. The van der Waals surface area contributed by atoms with E-state index in [1.165, 1.54) is 12.0 Å². The van der Waals surface area contributed by atoms with E-state index in [9.17, 15) is 9.59 Å². The molecule has 0 saturated heterocycles. The van der Waals surface area contributed by atoms with Crippen LogP contribution in [0.2, 0.25) is 0 Å². The first-order valence-electron chi connectivity index (χ1n) is 6.16. The van der Waals surface area contributed by atoms with Crippen molar-refractivity contribution in [2.24, 2.45) is 5.92 Å². The highest BCUT2D eigenvalue weighted by Crippen LogP contribution is 2.48. The molecule has 1 aromatic heterocycles. The van der Waals surface area contributed by atoms with Crippen LogP contribution >= 0.6 is 0 Å². The van der Waals surface area contributed by atoms with Crippen LogP contribution in [0.15, 0.2) is 22.8 Å². The maximum absolute atomic E-state index is 12.2. The highest BCUT2D eigenvalue weighted by atomic mass is 16.5. The van der Waals surface area contributed by atoms with Crippen molar-refractivity contribution in [3.8, 4) is 0 Å². The Balaban J connectivity index is 1.94. The average molecular weight is 267 g/mol. The molecule has 0 bridgehead atoms. The van der Waals surface area contributed by atoms with Crippen LogP contribution < -0.4 is 0 Å². The van der Waals surface area contributed by atoms with Crippen LogP contribution in [0.5, 0.6) is 0 Å². The van der Waals surface area contributed by atoms with Gasteiger partial charge in [0.25, 0.3) is 0 Å². The molecule has 1 saturated carbocycles. The molecule has 1 heterocycles. The molecule has 1 aliphatic rings. The topological polar surface area (TPSA) is 80.0 Å². The van der Waals surface area contributed by atoms with Crippen molar-refractivity contribution in [2.45, 2.75) is 12.3 Å². The molecule has 6 nitrogen and oxygen atoms in total. The Labute approximate surface area is 110 Å². The number of ether oxygens (including phenoxy) is 1. The van der Waals surface area contributed by atoms with Crippen molar-refractivity contribution in [1.29, 1.82) is 0 Å². The van der Waals surface area contributed by atoms with E-state index in [-0.39, 0.29) is 24.3 Å². The van der Waals surface area contributed by atoms with Gasteiger partial charge in [0.05, 0.1) is 12.9 Å². The molecule has 2 rings (SSSR count). The van der Waals surface area contributed by atoms with E-state index in [4.69, 9.17) is 14.3 Å². The molecule has 1 aromatic rings. The summed E-state index contributed by atoms with van der Waals surface area (Å²) in [6.45, 7) is 0.337. The minimum absolute atomic E-state index is 0.0846. The predicted molar refractivity (Wildman–Crippen MR) is 65.6 cm³/mol. The molecule has 1 amide bonds. The molecule has 0 spiro atoms. The highest BCUT2D eigenvalue weighted by molar-refractivity contribution is 5.86. The Kier molecular flexibility index (Phi) is 4.21. The number of aliphatic carboxylic acids is 1. The average Bonchev–Trinajstić information content (AvgIpc) is 2.99. The fourth-order valence-corrected chi connectivity index (χ4v) is 2.15. The van der Waals surface area contributed by atoms with Gasteiger partial charge in [-0.25, -0.2) is 0 Å². The highest BCUT2D eigenvalue weighted by Gasteiger charge is 2.47. The van der Waals surface area contributed by atoms with Gasteiger partial charge >= 0.3 is 5.97 Å². The standard InChI is InChI=1S/C13H17NO5/c1-18-6-4-14(8-12(15)16)13(17)10-7-9(10)11-3-2-5-19-11/h2-3,5,9-10H,4,6-8H2,1H3,(H,15,16)/t9-,10+/m1/s1. The van der Waals surface area contributed by atoms with Crippen LogP contribution in [-0.4, -0.2) is 48.7 Å². The minimum Gasteiger partial charge on any atom is -0.480 e. The number of methoxy groups -OCH3 is 1. The predicted octanol–water partition coefficient (Wildman–Crippen LogP) is 0.943. The quantitative estimate of drug-likeness (QED) is 0.795. The first-order chi connectivity index (χ1) is 9.13. The van der Waals surface area contributed by atoms with Gasteiger partial charge < -0.3 is 19.2 Å². The van der Waals surface area contributed by atoms with Crippen LogP contribution in [0.4, 0.5) is 0 Å². The normalized spacial score (nSPS) is 21.1. The Morgan fingerprint density at radius 3 is 2.95 bits per heavy atom. The number of amides is 1. The first-order valence-corrected chi connectivity index (χ1v) is 6.16. The number of nitrogens with zero attached hydrogens (tertiary/aromatic N) is 1. The third-order valence-corrected chi connectivity index (χ3v) is 3.22. The van der Waals surface area contributed by atoms with E-state index >= 15 is 0 Å². The summed E-state index contributed by atoms with van der Waals surface area (Å²) in [5.74, 6) is -0.440. The molecule has 0 aliphatic heterocycles. The number of hydrogen-bond donors (Lipinski definition) is 1. The maximum atomic E-state index is 12.2. The fourth-order valence-electron chi connectivity index (χ4n) is 2.15. The molecule has 1 N–H and O–H groups in total. The van der Waals surface area contributed by atoms with Crippen molar-refractivity contribution >= 4 is 11.9 Å². The van der Waals surface area contributed by atoms with Gasteiger partial charge in [-0.1, -0.05) is 0 Å². The summed E-state index contributed by atoms with van der Waals surface area (Å²) in [5.41, 5.74) is 0. The Morgan fingerprint density at radius 1 is 1.58 bits per heavy atom. The third-order valence-electron chi connectivity index (χ3n) is 3.22. The van der Waals surface area contributed by atoms with Gasteiger partial charge in [-0.2, -0.15) is 0 Å². The van der Waals surface area contributed by atoms with Gasteiger partial charge in [0.1, 0.15) is 12.3 Å². The smallest absolute Gasteiger partial charge is 0.323 e. The van der Waals surface area contributed by atoms with E-state index in [2.05, 4.69) is 0 Å². The van der Waals surface area contributed by atoms with Crippen LogP contribution in [0, 0.1) is 5.92 Å². The number of carboxylic acids is 1. The van der Waals surface area contributed by atoms with Crippen molar-refractivity contribution in [3.63, 3.8) is 0 Å². The third kappa shape index (κ3) is 3.35. The lowest BCUT2D eigenvalue weighted by Crippen LogP contribution is -2.39. The number of carbonyl (C=O) groups is 2. The van der Waals surface area contributed by atoms with Crippen LogP contribution in [0.3, 0.4) is 0 Å². The zero-order valence-corrected chi connectivity index (χ0v) is 10.7. The second-order valence-corrected chi connectivity index (χ2v) is 4.61. The van der Waals surface area contributed by atoms with Gasteiger partial charge in [-0.15, -0.1) is 0 Å². The van der Waals surface area contributed by atoms with Gasteiger partial charge in [-0.3, -0.25) is 9.59 Å². The summed E-state index contributed by atoms with van der Waals surface area (Å²) in [7, 11) is 1.52. The molecule has 2 atom stereocenters. The summed E-state index contributed by atoms with van der Waals surface area (Å²) in [6, 6.07) is 3.63. The number of carboxylic acid groups (broad SMARTS) is 1. The van der Waals surface area contributed by atoms with Crippen molar-refractivity contribution in [2.75, 3.05) is 26.8 Å². The molecule has 0 radical (unpaired) electrons. The van der Waals surface area contributed by atoms with Crippen LogP contribution in [-0.2, 0) is 14.3 Å². The molecule has 0 aromatic carbocycles. The maximum Gasteiger partial charge on any atom is 0.323 e. The monoisotopic (exact) mass is 267 g/mol. The Morgan fingerprint density at radius 2 is 2.37 bits per heavy atom. The minimum atomic E-state index is -1.01. The molecule has 6 heteroatoms. The summed E-state index contributed by atoms with van der Waals surface area (Å²) < 4.78 is 10.2. The summed E-state index contributed by atoms with van der Waals surface area (Å²) in [5, 5.41) is 8.83. The summed E-state index contributed by atoms with van der Waals surface area (Å²) >= 11 is 0. The summed E-state index contributed by atoms with van der Waals surface area (Å²) in [6.07, 6.45) is 2.30. The van der Waals surface area contributed by atoms with Gasteiger partial charge in [-0.05, 0) is 18.6 Å². The number of rotatable bonds is 7. The van der Waals surface area contributed by atoms with E-state index < -0.39 is 5.97 Å². The second-order valence-electron chi connectivity index (χ2n) is 4.61. The molecule has 1 aliphatic carbocycles. The molecular formula is C13H17NO5. The summed E-state index contributed by atoms with van der Waals surface area (Å²) in [4.78, 5) is 24.3. The zero-order valence-electron chi connectivity index (χ0n) is 10.7. The first kappa shape index (κ1) is 13.6. The van der Waals surface area contributed by atoms with Crippen molar-refractivity contribution < 1.29 is 23.8 Å². The SMILES string of the molecule is COCCN(CC(=O)O)C(=O)[C@H]1C[C@H]1c1ccco1. The lowest BCUT2D eigenvalue weighted by Gasteiger charge is -2.20. The Hall–Kier alpha value is -1.82. The Bertz CT molecular complexity index is 442. The van der Waals surface area contributed by atoms with Gasteiger partial charge in [0, 0.05) is 25.5 Å². The molecular weight excluding hydrogens is 250 g/mol. The number of hydrogen-bond acceptors (Lipinski definition) is 4. The van der Waals surface area contributed by atoms with Gasteiger partial charge in [0.2, 0.25) is 5.91 Å². The largest absolute Gasteiger partial charge is 0.480 e. The molecule has 19 heavy (non-hydrogen) atoms. The van der Waals surface area contributed by atoms with Crippen molar-refractivity contribution in [1.82, 2.24) is 4.90 Å². The lowest BCUT2D eigenvalue weighted by molar-refractivity contribution is -0.145. The fraction of sp³-hybridized carbons (Fsp3) is 0.538. The number of furan rings is 1. The van der Waals surface area contributed by atoms with Crippen LogP contribution in [0.1, 0.15) is 18.1 Å². The van der Waals surface area contributed by atoms with Crippen LogP contribution in [0.25, 0.3) is 0 Å². The van der Waals surface area contributed by atoms with E-state index in [0.717, 1.165) is 12.2 Å². The van der Waals surface area contributed by atoms with E-state index in [0.29, 0.717) is 13.2 Å². The molecule has 104 valence electrons. The number of carbonyl (C=O) groups excluding carboxylic acids is 1.